The Morgan fingerprint density at radius 1 is 1.14 bits per heavy atom. The van der Waals surface area contributed by atoms with Gasteiger partial charge in [-0.3, -0.25) is 4.72 Å². The number of rotatable bonds is 3. The summed E-state index contributed by atoms with van der Waals surface area (Å²) in [7, 11) is -3.96. The Hall–Kier alpha value is -1.74. The van der Waals surface area contributed by atoms with Crippen molar-refractivity contribution in [2.75, 3.05) is 4.72 Å². The third-order valence-electron chi connectivity index (χ3n) is 2.82. The smallest absolute Gasteiger partial charge is 0.263 e. The molecule has 0 heterocycles. The van der Waals surface area contributed by atoms with Gasteiger partial charge >= 0.3 is 0 Å². The van der Waals surface area contributed by atoms with E-state index >= 15 is 0 Å². The van der Waals surface area contributed by atoms with Gasteiger partial charge in [-0.2, -0.15) is 5.26 Å². The van der Waals surface area contributed by atoms with E-state index in [1.807, 2.05) is 6.07 Å². The van der Waals surface area contributed by atoms with E-state index in [1.165, 1.54) is 18.2 Å². The van der Waals surface area contributed by atoms with Crippen molar-refractivity contribution < 1.29 is 8.42 Å². The standard InChI is InChI=1S/C14H10Cl2N2O2S/c1-9-6-7-11(15)14(13(9)16)18-21(19,20)12-5-3-2-4-10(12)8-17/h2-7,18H,1H3. The number of nitriles is 1. The van der Waals surface area contributed by atoms with E-state index in [1.54, 1.807) is 25.1 Å². The summed E-state index contributed by atoms with van der Waals surface area (Å²) in [4.78, 5) is -0.124. The van der Waals surface area contributed by atoms with Crippen molar-refractivity contribution in [1.82, 2.24) is 0 Å². The largest absolute Gasteiger partial charge is 0.277 e. The molecule has 0 bridgehead atoms. The molecule has 0 aliphatic heterocycles. The van der Waals surface area contributed by atoms with Crippen LogP contribution in [0.1, 0.15) is 11.1 Å². The first-order chi connectivity index (χ1) is 9.86. The fraction of sp³-hybridized carbons (Fsp3) is 0.0714. The van der Waals surface area contributed by atoms with Crippen LogP contribution in [0.15, 0.2) is 41.3 Å². The minimum atomic E-state index is -3.96. The minimum absolute atomic E-state index is 0.0462. The quantitative estimate of drug-likeness (QED) is 0.918. The third kappa shape index (κ3) is 3.13. The van der Waals surface area contributed by atoms with Crippen LogP contribution in [0.5, 0.6) is 0 Å². The Morgan fingerprint density at radius 3 is 2.48 bits per heavy atom. The van der Waals surface area contributed by atoms with Gasteiger partial charge in [0.2, 0.25) is 0 Å². The van der Waals surface area contributed by atoms with Crippen molar-refractivity contribution in [1.29, 1.82) is 5.26 Å². The topological polar surface area (TPSA) is 70.0 Å². The van der Waals surface area contributed by atoms with E-state index in [2.05, 4.69) is 4.72 Å². The van der Waals surface area contributed by atoms with E-state index < -0.39 is 10.0 Å². The van der Waals surface area contributed by atoms with Crippen LogP contribution >= 0.6 is 23.2 Å². The molecular weight excluding hydrogens is 331 g/mol. The van der Waals surface area contributed by atoms with Gasteiger partial charge in [0, 0.05) is 0 Å². The first-order valence-electron chi connectivity index (χ1n) is 5.83. The number of nitrogens with one attached hydrogen (secondary N) is 1. The summed E-state index contributed by atoms with van der Waals surface area (Å²) in [6, 6.07) is 11.0. The van der Waals surface area contributed by atoms with Crippen LogP contribution in [-0.2, 0) is 10.0 Å². The number of sulfonamides is 1. The zero-order valence-electron chi connectivity index (χ0n) is 10.9. The van der Waals surface area contributed by atoms with Crippen molar-refractivity contribution in [2.45, 2.75) is 11.8 Å². The van der Waals surface area contributed by atoms with Gasteiger partial charge in [-0.15, -0.1) is 0 Å². The van der Waals surface area contributed by atoms with Gasteiger partial charge in [0.05, 0.1) is 21.3 Å². The van der Waals surface area contributed by atoms with Crippen molar-refractivity contribution in [2.24, 2.45) is 0 Å². The molecule has 0 aromatic heterocycles. The van der Waals surface area contributed by atoms with E-state index in [-0.39, 0.29) is 26.2 Å². The summed E-state index contributed by atoms with van der Waals surface area (Å²) in [6.45, 7) is 1.74. The number of aryl methyl sites for hydroxylation is 1. The second-order valence-corrected chi connectivity index (χ2v) is 6.70. The SMILES string of the molecule is Cc1ccc(Cl)c(NS(=O)(=O)c2ccccc2C#N)c1Cl. The summed E-state index contributed by atoms with van der Waals surface area (Å²) in [5.74, 6) is 0. The molecule has 2 rings (SSSR count). The molecule has 21 heavy (non-hydrogen) atoms. The molecule has 1 N–H and O–H groups in total. The third-order valence-corrected chi connectivity index (χ3v) is 5.03. The second kappa shape index (κ2) is 5.94. The van der Waals surface area contributed by atoms with Gasteiger partial charge in [-0.1, -0.05) is 41.4 Å². The molecule has 4 nitrogen and oxygen atoms in total. The molecule has 0 unspecified atom stereocenters. The Kier molecular flexibility index (Phi) is 4.43. The molecular formula is C14H10Cl2N2O2S. The Morgan fingerprint density at radius 2 is 1.81 bits per heavy atom. The monoisotopic (exact) mass is 340 g/mol. The molecule has 108 valence electrons. The molecule has 0 amide bonds. The normalized spacial score (nSPS) is 11.0. The highest BCUT2D eigenvalue weighted by molar-refractivity contribution is 7.92. The predicted molar refractivity (Wildman–Crippen MR) is 83.2 cm³/mol. The molecule has 0 fully saturated rings. The molecule has 0 aliphatic rings. The number of nitrogens with zero attached hydrogens (tertiary/aromatic N) is 1. The first kappa shape index (κ1) is 15.6. The van der Waals surface area contributed by atoms with Crippen molar-refractivity contribution in [3.8, 4) is 6.07 Å². The number of benzene rings is 2. The molecule has 0 aliphatic carbocycles. The van der Waals surface area contributed by atoms with Crippen LogP contribution in [0.2, 0.25) is 10.0 Å². The average Bonchev–Trinajstić information content (AvgIpc) is 2.47. The summed E-state index contributed by atoms with van der Waals surface area (Å²) >= 11 is 12.1. The lowest BCUT2D eigenvalue weighted by Gasteiger charge is -2.13. The molecule has 0 radical (unpaired) electrons. The average molecular weight is 341 g/mol. The van der Waals surface area contributed by atoms with Crippen LogP contribution in [-0.4, -0.2) is 8.42 Å². The molecule has 0 atom stereocenters. The van der Waals surface area contributed by atoms with Gasteiger partial charge in [-0.25, -0.2) is 8.42 Å². The van der Waals surface area contributed by atoms with E-state index in [0.717, 1.165) is 0 Å². The maximum Gasteiger partial charge on any atom is 0.263 e. The fourth-order valence-corrected chi connectivity index (χ4v) is 3.56. The number of hydrogen-bond donors (Lipinski definition) is 1. The van der Waals surface area contributed by atoms with Gasteiger partial charge in [0.1, 0.15) is 11.0 Å². The Balaban J connectivity index is 2.54. The predicted octanol–water partition coefficient (Wildman–Crippen LogP) is 3.97. The number of halogens is 2. The van der Waals surface area contributed by atoms with Crippen LogP contribution in [0.4, 0.5) is 5.69 Å². The van der Waals surface area contributed by atoms with Gasteiger partial charge < -0.3 is 0 Å². The highest BCUT2D eigenvalue weighted by atomic mass is 35.5. The van der Waals surface area contributed by atoms with Gasteiger partial charge in [-0.05, 0) is 30.7 Å². The molecule has 2 aromatic carbocycles. The molecule has 0 saturated heterocycles. The van der Waals surface area contributed by atoms with E-state index in [4.69, 9.17) is 28.5 Å². The number of hydrogen-bond acceptors (Lipinski definition) is 3. The molecule has 0 spiro atoms. The van der Waals surface area contributed by atoms with Crippen molar-refractivity contribution in [3.63, 3.8) is 0 Å². The Bertz CT molecular complexity index is 843. The molecule has 2 aromatic rings. The van der Waals surface area contributed by atoms with Crippen molar-refractivity contribution >= 4 is 38.9 Å². The maximum atomic E-state index is 12.4. The summed E-state index contributed by atoms with van der Waals surface area (Å²) in [6.07, 6.45) is 0. The summed E-state index contributed by atoms with van der Waals surface area (Å²) < 4.78 is 27.2. The maximum absolute atomic E-state index is 12.4. The lowest BCUT2D eigenvalue weighted by atomic mass is 10.2. The zero-order chi connectivity index (χ0) is 15.6. The van der Waals surface area contributed by atoms with E-state index in [9.17, 15) is 8.42 Å². The van der Waals surface area contributed by atoms with E-state index in [0.29, 0.717) is 5.56 Å². The highest BCUT2D eigenvalue weighted by Gasteiger charge is 2.21. The summed E-state index contributed by atoms with van der Waals surface area (Å²) in [5.41, 5.74) is 0.836. The van der Waals surface area contributed by atoms with Gasteiger partial charge in [0.15, 0.2) is 0 Å². The van der Waals surface area contributed by atoms with Crippen LogP contribution in [0, 0.1) is 18.3 Å². The van der Waals surface area contributed by atoms with Crippen molar-refractivity contribution in [3.05, 3.63) is 57.6 Å². The lowest BCUT2D eigenvalue weighted by Crippen LogP contribution is -2.15. The first-order valence-corrected chi connectivity index (χ1v) is 8.07. The lowest BCUT2D eigenvalue weighted by molar-refractivity contribution is 0.601. The Labute approximate surface area is 133 Å². The molecule has 7 heteroatoms. The van der Waals surface area contributed by atoms with Crippen LogP contribution in [0.3, 0.4) is 0 Å². The highest BCUT2D eigenvalue weighted by Crippen LogP contribution is 2.34. The fourth-order valence-electron chi connectivity index (χ4n) is 1.73. The van der Waals surface area contributed by atoms with Gasteiger partial charge in [0.25, 0.3) is 10.0 Å². The zero-order valence-corrected chi connectivity index (χ0v) is 13.2. The molecule has 0 saturated carbocycles. The number of anilines is 1. The minimum Gasteiger partial charge on any atom is -0.277 e. The second-order valence-electron chi connectivity index (χ2n) is 4.27. The summed E-state index contributed by atoms with van der Waals surface area (Å²) in [5, 5.41) is 9.41. The van der Waals surface area contributed by atoms with Crippen LogP contribution in [0.25, 0.3) is 0 Å². The van der Waals surface area contributed by atoms with Crippen LogP contribution < -0.4 is 4.72 Å².